The van der Waals surface area contributed by atoms with Gasteiger partial charge in [-0.2, -0.15) is 0 Å². The van der Waals surface area contributed by atoms with Crippen molar-refractivity contribution in [3.63, 3.8) is 0 Å². The van der Waals surface area contributed by atoms with Crippen molar-refractivity contribution in [3.05, 3.63) is 23.8 Å². The molecule has 1 aliphatic heterocycles. The molecule has 6 aliphatic rings. The standard InChI is InChI=1S/C24H31NO2/c1-2-23-9-7-18-17-6-4-16(25)13-15(17)3-5-19(18)20(23)14-22(11-12-22)24(23)10-8-21(26)27-24/h8,10,13,17-20,25H,2-7,9,11-12,14H2,1H3. The minimum Gasteiger partial charge on any atom is -0.450 e. The van der Waals surface area contributed by atoms with Crippen LogP contribution in [0.15, 0.2) is 23.8 Å². The van der Waals surface area contributed by atoms with Gasteiger partial charge in [-0.15, -0.1) is 0 Å². The molecule has 4 saturated carbocycles. The van der Waals surface area contributed by atoms with Gasteiger partial charge in [-0.1, -0.05) is 12.5 Å². The molecule has 2 spiro atoms. The molecule has 0 amide bonds. The van der Waals surface area contributed by atoms with Gasteiger partial charge >= 0.3 is 5.97 Å². The lowest BCUT2D eigenvalue weighted by Gasteiger charge is -2.56. The van der Waals surface area contributed by atoms with E-state index in [2.05, 4.69) is 19.1 Å². The van der Waals surface area contributed by atoms with Crippen LogP contribution in [0.4, 0.5) is 0 Å². The molecule has 5 aliphatic carbocycles. The van der Waals surface area contributed by atoms with Crippen LogP contribution in [0.2, 0.25) is 0 Å². The highest BCUT2D eigenvalue weighted by Gasteiger charge is 2.78. The maximum Gasteiger partial charge on any atom is 0.331 e. The van der Waals surface area contributed by atoms with Crippen molar-refractivity contribution in [2.75, 3.05) is 0 Å². The number of fused-ring (bicyclic) bond motifs is 7. The van der Waals surface area contributed by atoms with Gasteiger partial charge in [0.25, 0.3) is 0 Å². The number of allylic oxidation sites excluding steroid dienone is 2. The smallest absolute Gasteiger partial charge is 0.331 e. The zero-order chi connectivity index (χ0) is 18.4. The number of carbonyl (C=O) groups is 1. The topological polar surface area (TPSA) is 50.2 Å². The fraction of sp³-hybridized carbons (Fsp3) is 0.750. The van der Waals surface area contributed by atoms with E-state index >= 15 is 0 Å². The normalized spacial score (nSPS) is 48.9. The molecule has 0 radical (unpaired) electrons. The van der Waals surface area contributed by atoms with E-state index < -0.39 is 0 Å². The van der Waals surface area contributed by atoms with Crippen LogP contribution in [0.5, 0.6) is 0 Å². The fourth-order valence-corrected chi connectivity index (χ4v) is 8.73. The van der Waals surface area contributed by atoms with Gasteiger partial charge in [0.15, 0.2) is 0 Å². The van der Waals surface area contributed by atoms with Crippen molar-refractivity contribution in [1.82, 2.24) is 0 Å². The Morgan fingerprint density at radius 2 is 2.00 bits per heavy atom. The van der Waals surface area contributed by atoms with Gasteiger partial charge in [0.05, 0.1) is 0 Å². The first-order valence-corrected chi connectivity index (χ1v) is 11.2. The molecule has 27 heavy (non-hydrogen) atoms. The Bertz CT molecular complexity index is 790. The second kappa shape index (κ2) is 5.15. The quantitative estimate of drug-likeness (QED) is 0.648. The molecule has 1 N–H and O–H groups in total. The summed E-state index contributed by atoms with van der Waals surface area (Å²) in [4.78, 5) is 12.2. The minimum absolute atomic E-state index is 0.100. The van der Waals surface area contributed by atoms with Gasteiger partial charge in [-0.05, 0) is 100 Å². The maximum absolute atomic E-state index is 12.2. The lowest BCUT2D eigenvalue weighted by atomic mass is 9.49. The third-order valence-corrected chi connectivity index (χ3v) is 9.88. The van der Waals surface area contributed by atoms with Crippen LogP contribution >= 0.6 is 0 Å². The van der Waals surface area contributed by atoms with Crippen molar-refractivity contribution in [1.29, 1.82) is 5.41 Å². The summed E-state index contributed by atoms with van der Waals surface area (Å²) in [5.74, 6) is 2.92. The van der Waals surface area contributed by atoms with E-state index in [1.165, 1.54) is 51.4 Å². The maximum atomic E-state index is 12.2. The number of ether oxygens (including phenoxy) is 1. The fourth-order valence-electron chi connectivity index (χ4n) is 8.73. The number of hydrogen-bond donors (Lipinski definition) is 1. The first-order chi connectivity index (χ1) is 13.0. The molecular formula is C24H31NO2. The SMILES string of the molecule is CCC12CCC3C4CCC(=N)C=C4CCC3C1CC1(CC1)C21C=CC(=O)O1. The molecule has 0 bridgehead atoms. The van der Waals surface area contributed by atoms with Crippen LogP contribution in [0, 0.1) is 39.9 Å². The number of hydrogen-bond acceptors (Lipinski definition) is 3. The molecule has 6 unspecified atom stereocenters. The van der Waals surface area contributed by atoms with E-state index in [0.29, 0.717) is 5.92 Å². The predicted octanol–water partition coefficient (Wildman–Crippen LogP) is 5.21. The molecule has 1 heterocycles. The summed E-state index contributed by atoms with van der Waals surface area (Å²) in [5, 5.41) is 8.08. The van der Waals surface area contributed by atoms with Crippen LogP contribution in [0.3, 0.4) is 0 Å². The van der Waals surface area contributed by atoms with Crippen molar-refractivity contribution in [3.8, 4) is 0 Å². The average molecular weight is 366 g/mol. The Labute approximate surface area is 162 Å². The summed E-state index contributed by atoms with van der Waals surface area (Å²) in [6, 6.07) is 0. The highest BCUT2D eigenvalue weighted by molar-refractivity contribution is 5.93. The summed E-state index contributed by atoms with van der Waals surface area (Å²) in [6.07, 6.45) is 18.2. The summed E-state index contributed by atoms with van der Waals surface area (Å²) in [7, 11) is 0. The van der Waals surface area contributed by atoms with E-state index in [1.807, 2.05) is 0 Å². The summed E-state index contributed by atoms with van der Waals surface area (Å²) in [5.41, 5.74) is 2.54. The Morgan fingerprint density at radius 1 is 1.15 bits per heavy atom. The minimum atomic E-state index is -0.299. The number of rotatable bonds is 1. The van der Waals surface area contributed by atoms with Crippen molar-refractivity contribution < 1.29 is 9.53 Å². The third-order valence-electron chi connectivity index (χ3n) is 9.88. The first kappa shape index (κ1) is 16.6. The average Bonchev–Trinajstić information content (AvgIpc) is 3.28. The van der Waals surface area contributed by atoms with Gasteiger partial charge in [0.1, 0.15) is 5.60 Å². The zero-order valence-electron chi connectivity index (χ0n) is 16.4. The molecule has 144 valence electrons. The lowest BCUT2D eigenvalue weighted by molar-refractivity contribution is -0.172. The number of nitrogens with one attached hydrogen (secondary N) is 1. The summed E-state index contributed by atoms with van der Waals surface area (Å²) < 4.78 is 6.26. The molecule has 0 saturated heterocycles. The Hall–Kier alpha value is -1.38. The van der Waals surface area contributed by atoms with Crippen LogP contribution in [0.1, 0.15) is 71.1 Å². The molecule has 0 aromatic heterocycles. The van der Waals surface area contributed by atoms with Gasteiger partial charge < -0.3 is 10.1 Å². The van der Waals surface area contributed by atoms with E-state index in [4.69, 9.17) is 10.1 Å². The molecule has 3 nitrogen and oxygen atoms in total. The van der Waals surface area contributed by atoms with Crippen molar-refractivity contribution >= 4 is 11.7 Å². The molecule has 0 aromatic carbocycles. The van der Waals surface area contributed by atoms with Crippen LogP contribution in [-0.2, 0) is 9.53 Å². The van der Waals surface area contributed by atoms with Gasteiger partial charge in [-0.25, -0.2) is 4.79 Å². The van der Waals surface area contributed by atoms with E-state index in [0.717, 1.165) is 36.3 Å². The molecule has 6 atom stereocenters. The summed E-state index contributed by atoms with van der Waals surface area (Å²) >= 11 is 0. The van der Waals surface area contributed by atoms with Gasteiger partial charge in [0.2, 0.25) is 0 Å². The summed E-state index contributed by atoms with van der Waals surface area (Å²) in [6.45, 7) is 2.35. The monoisotopic (exact) mass is 365 g/mol. The second-order valence-corrected chi connectivity index (χ2v) is 10.4. The molecule has 6 rings (SSSR count). The van der Waals surface area contributed by atoms with Gasteiger partial charge in [0, 0.05) is 22.6 Å². The Balaban J connectivity index is 1.41. The Morgan fingerprint density at radius 3 is 2.70 bits per heavy atom. The van der Waals surface area contributed by atoms with Crippen molar-refractivity contribution in [2.24, 2.45) is 34.5 Å². The molecular weight excluding hydrogens is 334 g/mol. The van der Waals surface area contributed by atoms with E-state index in [-0.39, 0.29) is 22.4 Å². The van der Waals surface area contributed by atoms with Crippen LogP contribution in [-0.4, -0.2) is 17.3 Å². The highest BCUT2D eigenvalue weighted by atomic mass is 16.6. The second-order valence-electron chi connectivity index (χ2n) is 10.4. The lowest BCUT2D eigenvalue weighted by Crippen LogP contribution is -2.55. The van der Waals surface area contributed by atoms with E-state index in [1.54, 1.807) is 11.6 Å². The number of carbonyl (C=O) groups excluding carboxylic acids is 1. The highest BCUT2D eigenvalue weighted by Crippen LogP contribution is 2.79. The van der Waals surface area contributed by atoms with Crippen LogP contribution < -0.4 is 0 Å². The Kier molecular flexibility index (Phi) is 3.16. The first-order valence-electron chi connectivity index (χ1n) is 11.2. The zero-order valence-corrected chi connectivity index (χ0v) is 16.4. The van der Waals surface area contributed by atoms with Gasteiger partial charge in [-0.3, -0.25) is 0 Å². The van der Waals surface area contributed by atoms with E-state index in [9.17, 15) is 4.79 Å². The molecule has 3 heteroatoms. The largest absolute Gasteiger partial charge is 0.450 e. The number of esters is 1. The molecule has 0 aromatic rings. The van der Waals surface area contributed by atoms with Crippen LogP contribution in [0.25, 0.3) is 0 Å². The third kappa shape index (κ3) is 1.85. The molecule has 4 fully saturated rings. The predicted molar refractivity (Wildman–Crippen MR) is 104 cm³/mol. The van der Waals surface area contributed by atoms with Crippen molar-refractivity contribution in [2.45, 2.75) is 76.7 Å².